The standard InChI is InChI=1S/C24H22N2O7S2/c1-11-18-17(12(2)28)21(29)26(18)19(20(11)34-8-7-16-15(9-27)25-10-35-16)23(31)33-24-14-6-4-3-5-13(14)22(30)32-24/h3-8,10-12,17-18,24,27-28H,9H2,1-2H3/b8-7-/t11-,12?,17-,18-,24?/m1/s1. The predicted molar refractivity (Wildman–Crippen MR) is 127 cm³/mol. The Balaban J connectivity index is 1.44. The molecular weight excluding hydrogens is 492 g/mol. The van der Waals surface area contributed by atoms with Gasteiger partial charge in [-0.25, -0.2) is 14.6 Å². The molecule has 0 radical (unpaired) electrons. The molecule has 1 aromatic heterocycles. The molecule has 11 heteroatoms. The number of thiazole rings is 1. The molecule has 182 valence electrons. The number of β-lactam (4-membered cyclic amide) rings is 1. The highest BCUT2D eigenvalue weighted by Gasteiger charge is 2.60. The Morgan fingerprint density at radius 2 is 2.14 bits per heavy atom. The summed E-state index contributed by atoms with van der Waals surface area (Å²) in [6.07, 6.45) is -0.284. The van der Waals surface area contributed by atoms with E-state index in [0.717, 1.165) is 4.88 Å². The lowest BCUT2D eigenvalue weighted by molar-refractivity contribution is -0.173. The Labute approximate surface area is 209 Å². The van der Waals surface area contributed by atoms with Crippen LogP contribution in [-0.2, 0) is 25.7 Å². The van der Waals surface area contributed by atoms with Gasteiger partial charge in [-0.2, -0.15) is 0 Å². The second-order valence-corrected chi connectivity index (χ2v) is 10.3. The van der Waals surface area contributed by atoms with Gasteiger partial charge >= 0.3 is 11.9 Å². The molecule has 0 bridgehead atoms. The van der Waals surface area contributed by atoms with Crippen LogP contribution < -0.4 is 0 Å². The molecule has 2 N–H and O–H groups in total. The van der Waals surface area contributed by atoms with E-state index in [1.807, 2.05) is 6.92 Å². The molecule has 9 nitrogen and oxygen atoms in total. The van der Waals surface area contributed by atoms with E-state index >= 15 is 0 Å². The minimum absolute atomic E-state index is 0.0890. The van der Waals surface area contributed by atoms with Crippen LogP contribution in [0.5, 0.6) is 0 Å². The number of amides is 1. The summed E-state index contributed by atoms with van der Waals surface area (Å²) in [5, 5.41) is 21.3. The zero-order valence-corrected chi connectivity index (χ0v) is 20.4. The number of hydrogen-bond donors (Lipinski definition) is 2. The summed E-state index contributed by atoms with van der Waals surface area (Å²) in [6, 6.07) is 6.27. The van der Waals surface area contributed by atoms with Crippen LogP contribution in [0.2, 0.25) is 0 Å². The SMILES string of the molecule is CC(O)[C@H]1C(=O)N2C(C(=O)OC3OC(=O)c4ccccc43)=C(S/C=C\c3scnc3CO)[C@H](C)[C@H]12. The lowest BCUT2D eigenvalue weighted by Crippen LogP contribution is -2.63. The molecule has 1 saturated heterocycles. The number of aliphatic hydroxyl groups excluding tert-OH is 2. The quantitative estimate of drug-likeness (QED) is 0.424. The van der Waals surface area contributed by atoms with Gasteiger partial charge in [0.1, 0.15) is 5.70 Å². The second kappa shape index (κ2) is 9.23. The number of thioether (sulfide) groups is 1. The summed E-state index contributed by atoms with van der Waals surface area (Å²) >= 11 is 2.64. The highest BCUT2D eigenvalue weighted by Crippen LogP contribution is 2.51. The fourth-order valence-electron chi connectivity index (χ4n) is 4.72. The van der Waals surface area contributed by atoms with Crippen LogP contribution in [0, 0.1) is 11.8 Å². The summed E-state index contributed by atoms with van der Waals surface area (Å²) < 4.78 is 10.8. The highest BCUT2D eigenvalue weighted by molar-refractivity contribution is 8.06. The van der Waals surface area contributed by atoms with Gasteiger partial charge in [0.2, 0.25) is 5.91 Å². The molecule has 5 atom stereocenters. The first-order valence-corrected chi connectivity index (χ1v) is 12.7. The van der Waals surface area contributed by atoms with Crippen molar-refractivity contribution in [1.29, 1.82) is 0 Å². The molecule has 3 aliphatic heterocycles. The number of carbonyl (C=O) groups excluding carboxylic acids is 3. The lowest BCUT2D eigenvalue weighted by atomic mass is 9.79. The number of esters is 2. The molecule has 4 heterocycles. The van der Waals surface area contributed by atoms with Crippen LogP contribution >= 0.6 is 23.1 Å². The molecule has 0 saturated carbocycles. The average Bonchev–Trinajstić information content (AvgIpc) is 3.48. The predicted octanol–water partition coefficient (Wildman–Crippen LogP) is 2.82. The lowest BCUT2D eigenvalue weighted by Gasteiger charge is -2.46. The molecule has 35 heavy (non-hydrogen) atoms. The molecule has 2 unspecified atom stereocenters. The Bertz CT molecular complexity index is 1270. The monoisotopic (exact) mass is 514 g/mol. The van der Waals surface area contributed by atoms with E-state index in [0.29, 0.717) is 21.7 Å². The fraction of sp³-hybridized carbons (Fsp3) is 0.333. The molecule has 1 aromatic carbocycles. The second-order valence-electron chi connectivity index (χ2n) is 8.44. The molecular formula is C24H22N2O7S2. The Morgan fingerprint density at radius 3 is 2.89 bits per heavy atom. The molecule has 3 aliphatic rings. The summed E-state index contributed by atoms with van der Waals surface area (Å²) in [4.78, 5) is 45.3. The van der Waals surface area contributed by atoms with Crippen LogP contribution in [0.15, 0.2) is 45.8 Å². The van der Waals surface area contributed by atoms with E-state index in [1.165, 1.54) is 28.0 Å². The number of benzene rings is 1. The Hall–Kier alpha value is -2.99. The van der Waals surface area contributed by atoms with Gasteiger partial charge < -0.3 is 24.6 Å². The first-order valence-electron chi connectivity index (χ1n) is 11.0. The zero-order valence-electron chi connectivity index (χ0n) is 18.8. The molecule has 1 fully saturated rings. The number of nitrogens with zero attached hydrogens (tertiary/aromatic N) is 2. The maximum absolute atomic E-state index is 13.4. The van der Waals surface area contributed by atoms with Crippen LogP contribution in [0.1, 0.15) is 46.6 Å². The third kappa shape index (κ3) is 3.88. The van der Waals surface area contributed by atoms with Crippen LogP contribution in [0.25, 0.3) is 6.08 Å². The van der Waals surface area contributed by atoms with Gasteiger partial charge in [-0.05, 0) is 24.5 Å². The third-order valence-corrected chi connectivity index (χ3v) is 8.33. The van der Waals surface area contributed by atoms with Crippen LogP contribution in [0.4, 0.5) is 0 Å². The van der Waals surface area contributed by atoms with Crippen molar-refractivity contribution in [3.8, 4) is 0 Å². The molecule has 1 amide bonds. The number of fused-ring (bicyclic) bond motifs is 2. The van der Waals surface area contributed by atoms with Gasteiger partial charge in [-0.1, -0.05) is 36.9 Å². The zero-order chi connectivity index (χ0) is 24.9. The van der Waals surface area contributed by atoms with E-state index in [9.17, 15) is 24.6 Å². The summed E-state index contributed by atoms with van der Waals surface area (Å²) in [6.45, 7) is 3.27. The first kappa shape index (κ1) is 23.7. The number of ether oxygens (including phenoxy) is 2. The maximum atomic E-state index is 13.4. The molecule has 0 spiro atoms. The van der Waals surface area contributed by atoms with Crippen LogP contribution in [-0.4, -0.2) is 50.1 Å². The van der Waals surface area contributed by atoms with Gasteiger partial charge in [-0.3, -0.25) is 4.79 Å². The summed E-state index contributed by atoms with van der Waals surface area (Å²) in [7, 11) is 0. The number of aliphatic hydroxyl groups is 2. The van der Waals surface area contributed by atoms with Crippen molar-refractivity contribution >= 4 is 47.0 Å². The van der Waals surface area contributed by atoms with E-state index < -0.39 is 30.3 Å². The summed E-state index contributed by atoms with van der Waals surface area (Å²) in [5.74, 6) is -2.57. The smallest absolute Gasteiger partial charge is 0.359 e. The van der Waals surface area contributed by atoms with Crippen LogP contribution in [0.3, 0.4) is 0 Å². The number of rotatable bonds is 7. The van der Waals surface area contributed by atoms with Crippen molar-refractivity contribution in [2.24, 2.45) is 11.8 Å². The minimum atomic E-state index is -1.21. The van der Waals surface area contributed by atoms with Crippen molar-refractivity contribution in [2.45, 2.75) is 38.9 Å². The van der Waals surface area contributed by atoms with E-state index in [2.05, 4.69) is 4.98 Å². The van der Waals surface area contributed by atoms with E-state index in [4.69, 9.17) is 9.47 Å². The minimum Gasteiger partial charge on any atom is -0.417 e. The fourth-order valence-corrected chi connectivity index (χ4v) is 6.50. The van der Waals surface area contributed by atoms with Gasteiger partial charge in [0.15, 0.2) is 0 Å². The molecule has 5 rings (SSSR count). The molecule has 0 aliphatic carbocycles. The average molecular weight is 515 g/mol. The maximum Gasteiger partial charge on any atom is 0.359 e. The third-order valence-electron chi connectivity index (χ3n) is 6.40. The highest BCUT2D eigenvalue weighted by atomic mass is 32.2. The van der Waals surface area contributed by atoms with Crippen molar-refractivity contribution in [2.75, 3.05) is 0 Å². The number of cyclic esters (lactones) is 1. The number of aromatic nitrogens is 1. The van der Waals surface area contributed by atoms with Crippen molar-refractivity contribution in [1.82, 2.24) is 9.88 Å². The van der Waals surface area contributed by atoms with E-state index in [1.54, 1.807) is 48.2 Å². The van der Waals surface area contributed by atoms with Gasteiger partial charge in [0.05, 0.1) is 46.3 Å². The first-order chi connectivity index (χ1) is 16.8. The number of carbonyl (C=O) groups is 3. The topological polar surface area (TPSA) is 126 Å². The molecule has 2 aromatic rings. The van der Waals surface area contributed by atoms with Crippen molar-refractivity contribution in [3.05, 3.63) is 67.5 Å². The largest absolute Gasteiger partial charge is 0.417 e. The summed E-state index contributed by atoms with van der Waals surface area (Å²) in [5.41, 5.74) is 3.05. The normalized spacial score (nSPS) is 26.0. The van der Waals surface area contributed by atoms with Gasteiger partial charge in [0.25, 0.3) is 6.29 Å². The van der Waals surface area contributed by atoms with Crippen molar-refractivity contribution in [3.63, 3.8) is 0 Å². The Kier molecular flexibility index (Phi) is 6.26. The van der Waals surface area contributed by atoms with Gasteiger partial charge in [-0.15, -0.1) is 11.3 Å². The number of hydrogen-bond acceptors (Lipinski definition) is 10. The van der Waals surface area contributed by atoms with Gasteiger partial charge in [0, 0.05) is 16.4 Å². The van der Waals surface area contributed by atoms with E-state index in [-0.39, 0.29) is 30.2 Å². The van der Waals surface area contributed by atoms with Crippen molar-refractivity contribution < 1.29 is 34.1 Å². The Morgan fingerprint density at radius 1 is 1.37 bits per heavy atom.